The molecular formula is C19H27ClFN3O3. The van der Waals surface area contributed by atoms with Crippen molar-refractivity contribution in [1.82, 2.24) is 15.5 Å². The number of nitrogens with one attached hydrogen (secondary N) is 2. The van der Waals surface area contributed by atoms with Crippen LogP contribution in [0.4, 0.5) is 4.39 Å². The minimum absolute atomic E-state index is 0. The minimum Gasteiger partial charge on any atom is -0.381 e. The molecule has 150 valence electrons. The highest BCUT2D eigenvalue weighted by atomic mass is 35.5. The number of likely N-dealkylation sites (tertiary alicyclic amines) is 1. The summed E-state index contributed by atoms with van der Waals surface area (Å²) in [4.78, 5) is 27.2. The summed E-state index contributed by atoms with van der Waals surface area (Å²) in [7, 11) is 1.53. The highest BCUT2D eigenvalue weighted by Crippen LogP contribution is 2.31. The van der Waals surface area contributed by atoms with Crippen LogP contribution in [-0.4, -0.2) is 55.6 Å². The lowest BCUT2D eigenvalue weighted by molar-refractivity contribution is -0.132. The molecule has 2 N–H and O–H groups in total. The van der Waals surface area contributed by atoms with Gasteiger partial charge in [-0.2, -0.15) is 0 Å². The molecule has 3 rings (SSSR count). The van der Waals surface area contributed by atoms with Crippen molar-refractivity contribution in [3.8, 4) is 0 Å². The first kappa shape index (κ1) is 21.6. The smallest absolute Gasteiger partial charge is 0.241 e. The Morgan fingerprint density at radius 1 is 1.22 bits per heavy atom. The number of carbonyl (C=O) groups excluding carboxylic acids is 2. The Labute approximate surface area is 165 Å². The van der Waals surface area contributed by atoms with Gasteiger partial charge in [0.15, 0.2) is 0 Å². The van der Waals surface area contributed by atoms with Crippen LogP contribution in [0.25, 0.3) is 0 Å². The zero-order valence-electron chi connectivity index (χ0n) is 15.4. The molecule has 1 aromatic carbocycles. The second-order valence-corrected chi connectivity index (χ2v) is 6.83. The molecule has 0 saturated carbocycles. The lowest BCUT2D eigenvalue weighted by atomic mass is 10.0. The van der Waals surface area contributed by atoms with Gasteiger partial charge in [0.1, 0.15) is 11.9 Å². The molecule has 0 bridgehead atoms. The highest BCUT2D eigenvalue weighted by Gasteiger charge is 2.40. The second-order valence-electron chi connectivity index (χ2n) is 6.83. The number of nitrogens with zero attached hydrogens (tertiary/aromatic N) is 1. The summed E-state index contributed by atoms with van der Waals surface area (Å²) in [5.41, 5.74) is 0.303. The van der Waals surface area contributed by atoms with E-state index in [1.807, 2.05) is 4.90 Å². The van der Waals surface area contributed by atoms with Gasteiger partial charge in [-0.1, -0.05) is 18.2 Å². The van der Waals surface area contributed by atoms with E-state index in [9.17, 15) is 14.0 Å². The van der Waals surface area contributed by atoms with Gasteiger partial charge in [-0.05, 0) is 31.7 Å². The van der Waals surface area contributed by atoms with Crippen LogP contribution in [0.2, 0.25) is 0 Å². The van der Waals surface area contributed by atoms with Gasteiger partial charge in [-0.3, -0.25) is 14.5 Å². The molecule has 0 aliphatic carbocycles. The number of rotatable bonds is 5. The van der Waals surface area contributed by atoms with Crippen molar-refractivity contribution in [3.63, 3.8) is 0 Å². The van der Waals surface area contributed by atoms with Crippen LogP contribution in [-0.2, 0) is 14.3 Å². The molecule has 6 nitrogen and oxygen atoms in total. The monoisotopic (exact) mass is 399 g/mol. The molecule has 0 radical (unpaired) electrons. The average molecular weight is 400 g/mol. The van der Waals surface area contributed by atoms with Crippen LogP contribution in [0, 0.1) is 5.82 Å². The molecule has 2 saturated heterocycles. The minimum atomic E-state index is -0.811. The molecule has 2 aliphatic rings. The lowest BCUT2D eigenvalue weighted by Crippen LogP contribution is -2.51. The predicted molar refractivity (Wildman–Crippen MR) is 102 cm³/mol. The van der Waals surface area contributed by atoms with Crippen molar-refractivity contribution in [3.05, 3.63) is 35.6 Å². The first-order valence-electron chi connectivity index (χ1n) is 9.21. The maximum absolute atomic E-state index is 14.4. The van der Waals surface area contributed by atoms with Gasteiger partial charge in [0.2, 0.25) is 11.8 Å². The van der Waals surface area contributed by atoms with Crippen molar-refractivity contribution in [2.24, 2.45) is 0 Å². The van der Waals surface area contributed by atoms with Gasteiger partial charge in [-0.25, -0.2) is 4.39 Å². The van der Waals surface area contributed by atoms with Gasteiger partial charge >= 0.3 is 0 Å². The molecule has 2 atom stereocenters. The van der Waals surface area contributed by atoms with E-state index in [1.54, 1.807) is 18.2 Å². The van der Waals surface area contributed by atoms with Crippen LogP contribution in [0.15, 0.2) is 24.3 Å². The Balaban J connectivity index is 0.00000261. The van der Waals surface area contributed by atoms with Crippen molar-refractivity contribution in [1.29, 1.82) is 0 Å². The third kappa shape index (κ3) is 4.97. The molecule has 0 unspecified atom stereocenters. The van der Waals surface area contributed by atoms with Crippen LogP contribution in [0.5, 0.6) is 0 Å². The Morgan fingerprint density at radius 2 is 1.93 bits per heavy atom. The number of carbonyl (C=O) groups is 2. The van der Waals surface area contributed by atoms with Crippen molar-refractivity contribution >= 4 is 24.2 Å². The van der Waals surface area contributed by atoms with E-state index in [0.29, 0.717) is 31.7 Å². The summed E-state index contributed by atoms with van der Waals surface area (Å²) in [6.45, 7) is 1.88. The van der Waals surface area contributed by atoms with Gasteiger partial charge < -0.3 is 15.4 Å². The summed E-state index contributed by atoms with van der Waals surface area (Å²) in [5.74, 6) is -0.822. The third-order valence-electron chi connectivity index (χ3n) is 5.19. The summed E-state index contributed by atoms with van der Waals surface area (Å²) in [6, 6.07) is 5.12. The van der Waals surface area contributed by atoms with Crippen LogP contribution in [0.1, 0.15) is 37.3 Å². The molecule has 0 aromatic heterocycles. The van der Waals surface area contributed by atoms with Gasteiger partial charge in [0.25, 0.3) is 0 Å². The molecule has 2 aliphatic heterocycles. The topological polar surface area (TPSA) is 70.7 Å². The molecule has 2 fully saturated rings. The average Bonchev–Trinajstić information content (AvgIpc) is 3.13. The van der Waals surface area contributed by atoms with Crippen LogP contribution < -0.4 is 10.6 Å². The quantitative estimate of drug-likeness (QED) is 0.792. The SMILES string of the molecule is CNC(=O)[C@@H](c1ccccc1F)N1CCC[C@H]1C(=O)NC1CCOCC1.Cl. The van der Waals surface area contributed by atoms with E-state index < -0.39 is 17.9 Å². The second kappa shape index (κ2) is 10.0. The number of hydrogen-bond donors (Lipinski definition) is 2. The summed E-state index contributed by atoms with van der Waals surface area (Å²) in [5, 5.41) is 5.70. The van der Waals surface area contributed by atoms with Crippen LogP contribution >= 0.6 is 12.4 Å². The van der Waals surface area contributed by atoms with Gasteiger partial charge in [0.05, 0.1) is 6.04 Å². The molecular weight excluding hydrogens is 373 g/mol. The Morgan fingerprint density at radius 3 is 2.59 bits per heavy atom. The van der Waals surface area contributed by atoms with E-state index >= 15 is 0 Å². The van der Waals surface area contributed by atoms with Crippen LogP contribution in [0.3, 0.4) is 0 Å². The van der Waals surface area contributed by atoms with Crippen molar-refractivity contribution < 1.29 is 18.7 Å². The zero-order chi connectivity index (χ0) is 18.5. The first-order chi connectivity index (χ1) is 12.6. The molecule has 8 heteroatoms. The number of hydrogen-bond acceptors (Lipinski definition) is 4. The first-order valence-corrected chi connectivity index (χ1v) is 9.21. The largest absolute Gasteiger partial charge is 0.381 e. The van der Waals surface area contributed by atoms with Crippen molar-refractivity contribution in [2.45, 2.75) is 43.8 Å². The molecule has 2 amide bonds. The molecule has 0 spiro atoms. The maximum atomic E-state index is 14.4. The van der Waals surface area contributed by atoms with Gasteiger partial charge in [-0.15, -0.1) is 12.4 Å². The Kier molecular flexibility index (Phi) is 8.01. The molecule has 2 heterocycles. The van der Waals surface area contributed by atoms with E-state index in [2.05, 4.69) is 10.6 Å². The summed E-state index contributed by atoms with van der Waals surface area (Å²) < 4.78 is 19.7. The number of amides is 2. The number of halogens is 2. The fourth-order valence-corrected chi connectivity index (χ4v) is 3.82. The lowest BCUT2D eigenvalue weighted by Gasteiger charge is -2.33. The summed E-state index contributed by atoms with van der Waals surface area (Å²) in [6.07, 6.45) is 3.06. The normalized spacial score (nSPS) is 21.9. The molecule has 1 aromatic rings. The number of ether oxygens (including phenoxy) is 1. The van der Waals surface area contributed by atoms with Crippen molar-refractivity contribution in [2.75, 3.05) is 26.8 Å². The fraction of sp³-hybridized carbons (Fsp3) is 0.579. The van der Waals surface area contributed by atoms with E-state index in [1.165, 1.54) is 13.1 Å². The van der Waals surface area contributed by atoms with E-state index in [4.69, 9.17) is 4.74 Å². The summed E-state index contributed by atoms with van der Waals surface area (Å²) >= 11 is 0. The highest BCUT2D eigenvalue weighted by molar-refractivity contribution is 5.86. The maximum Gasteiger partial charge on any atom is 0.241 e. The van der Waals surface area contributed by atoms with E-state index in [0.717, 1.165) is 19.3 Å². The van der Waals surface area contributed by atoms with E-state index in [-0.39, 0.29) is 30.3 Å². The standard InChI is InChI=1S/C19H26FN3O3.ClH/c1-21-19(25)17(14-5-2-3-6-15(14)20)23-10-4-7-16(23)18(24)22-13-8-11-26-12-9-13;/h2-3,5-6,13,16-17H,4,7-12H2,1H3,(H,21,25)(H,22,24);1H/t16-,17+;/m0./s1. The number of benzene rings is 1. The Bertz CT molecular complexity index is 655. The predicted octanol–water partition coefficient (Wildman–Crippen LogP) is 1.79. The third-order valence-corrected chi connectivity index (χ3v) is 5.19. The zero-order valence-corrected chi connectivity index (χ0v) is 16.3. The molecule has 27 heavy (non-hydrogen) atoms. The number of likely N-dealkylation sites (N-methyl/N-ethyl adjacent to an activating group) is 1. The fourth-order valence-electron chi connectivity index (χ4n) is 3.82. The van der Waals surface area contributed by atoms with Gasteiger partial charge in [0, 0.05) is 38.4 Å². The Hall–Kier alpha value is -1.70.